The maximum Gasteiger partial charge on any atom is 0.269 e. The molecule has 2 amide bonds. The summed E-state index contributed by atoms with van der Waals surface area (Å²) in [5.41, 5.74) is 1.73. The minimum absolute atomic E-state index is 0.00714. The molecular weight excluding hydrogens is 400 g/mol. The molecule has 4 rings (SSSR count). The Morgan fingerprint density at radius 3 is 2.19 bits per heavy atom. The van der Waals surface area contributed by atoms with Gasteiger partial charge in [0.15, 0.2) is 0 Å². The third kappa shape index (κ3) is 4.30. The molecule has 2 fully saturated rings. The van der Waals surface area contributed by atoms with E-state index >= 15 is 0 Å². The highest BCUT2D eigenvalue weighted by molar-refractivity contribution is 6.00. The van der Waals surface area contributed by atoms with Crippen LogP contribution in [0.15, 0.2) is 48.5 Å². The first-order valence-corrected chi connectivity index (χ1v) is 10.2. The van der Waals surface area contributed by atoms with Gasteiger partial charge in [-0.3, -0.25) is 19.7 Å². The van der Waals surface area contributed by atoms with Crippen LogP contribution in [0.2, 0.25) is 0 Å². The quantitative estimate of drug-likeness (QED) is 0.540. The summed E-state index contributed by atoms with van der Waals surface area (Å²) in [6.45, 7) is 2.79. The minimum Gasteiger partial charge on any atom is -0.497 e. The summed E-state index contributed by atoms with van der Waals surface area (Å²) in [5.74, 6) is 0.329. The lowest BCUT2D eigenvalue weighted by Crippen LogP contribution is -2.50. The molecule has 2 heterocycles. The van der Waals surface area contributed by atoms with Gasteiger partial charge in [0.1, 0.15) is 5.75 Å². The Hall–Kier alpha value is -3.62. The molecule has 2 aromatic rings. The summed E-state index contributed by atoms with van der Waals surface area (Å²) in [5, 5.41) is 10.8. The predicted octanol–water partition coefficient (Wildman–Crippen LogP) is 2.31. The summed E-state index contributed by atoms with van der Waals surface area (Å²) in [7, 11) is 1.59. The van der Waals surface area contributed by atoms with Gasteiger partial charge in [0.2, 0.25) is 11.8 Å². The van der Waals surface area contributed by atoms with Crippen molar-refractivity contribution in [3.8, 4) is 5.75 Å². The van der Waals surface area contributed by atoms with Crippen LogP contribution in [0.3, 0.4) is 0 Å². The summed E-state index contributed by atoms with van der Waals surface area (Å²) < 4.78 is 5.16. The zero-order valence-electron chi connectivity index (χ0n) is 17.3. The van der Waals surface area contributed by atoms with Crippen molar-refractivity contribution >= 4 is 28.9 Å². The number of hydrogen-bond donors (Lipinski definition) is 0. The first-order valence-electron chi connectivity index (χ1n) is 10.2. The van der Waals surface area contributed by atoms with Crippen LogP contribution in [-0.2, 0) is 9.59 Å². The van der Waals surface area contributed by atoms with Crippen LogP contribution in [0.5, 0.6) is 5.75 Å². The number of methoxy groups -OCH3 is 1. The number of carbonyl (C=O) groups excluding carboxylic acids is 2. The summed E-state index contributed by atoms with van der Waals surface area (Å²) in [6.07, 6.45) is 0.216. The molecule has 9 nitrogen and oxygen atoms in total. The predicted molar refractivity (Wildman–Crippen MR) is 115 cm³/mol. The molecule has 2 saturated heterocycles. The Bertz CT molecular complexity index is 968. The van der Waals surface area contributed by atoms with Gasteiger partial charge < -0.3 is 19.4 Å². The number of nitro benzene ring substituents is 1. The van der Waals surface area contributed by atoms with E-state index in [4.69, 9.17) is 4.74 Å². The second kappa shape index (κ2) is 8.63. The van der Waals surface area contributed by atoms with Gasteiger partial charge in [0, 0.05) is 62.7 Å². The fourth-order valence-electron chi connectivity index (χ4n) is 4.11. The van der Waals surface area contributed by atoms with Crippen molar-refractivity contribution < 1.29 is 19.2 Å². The van der Waals surface area contributed by atoms with E-state index in [0.29, 0.717) is 38.5 Å². The van der Waals surface area contributed by atoms with Crippen molar-refractivity contribution in [2.45, 2.75) is 6.42 Å². The van der Waals surface area contributed by atoms with Gasteiger partial charge in [0.05, 0.1) is 18.0 Å². The van der Waals surface area contributed by atoms with E-state index in [1.54, 1.807) is 36.3 Å². The number of nitrogens with zero attached hydrogens (tertiary/aromatic N) is 4. The van der Waals surface area contributed by atoms with Crippen molar-refractivity contribution in [1.29, 1.82) is 0 Å². The summed E-state index contributed by atoms with van der Waals surface area (Å²) >= 11 is 0. The molecule has 1 atom stereocenters. The van der Waals surface area contributed by atoms with Crippen LogP contribution < -0.4 is 14.5 Å². The second-order valence-electron chi connectivity index (χ2n) is 7.69. The van der Waals surface area contributed by atoms with Gasteiger partial charge in [-0.15, -0.1) is 0 Å². The molecular formula is C22H24N4O5. The van der Waals surface area contributed by atoms with Gasteiger partial charge in [-0.05, 0) is 36.4 Å². The minimum atomic E-state index is -0.418. The molecule has 0 unspecified atom stereocenters. The number of ether oxygens (including phenoxy) is 1. The number of benzene rings is 2. The van der Waals surface area contributed by atoms with Gasteiger partial charge in [-0.25, -0.2) is 0 Å². The Morgan fingerprint density at radius 1 is 1.00 bits per heavy atom. The highest BCUT2D eigenvalue weighted by Gasteiger charge is 2.38. The number of non-ortho nitro benzene ring substituents is 1. The third-order valence-electron chi connectivity index (χ3n) is 5.88. The Labute approximate surface area is 179 Å². The van der Waals surface area contributed by atoms with Crippen LogP contribution in [-0.4, -0.2) is 61.5 Å². The van der Waals surface area contributed by atoms with E-state index in [-0.39, 0.29) is 29.8 Å². The van der Waals surface area contributed by atoms with E-state index in [1.807, 2.05) is 17.0 Å². The fourth-order valence-corrected chi connectivity index (χ4v) is 4.11. The highest BCUT2D eigenvalue weighted by atomic mass is 16.6. The lowest BCUT2D eigenvalue weighted by Gasteiger charge is -2.37. The van der Waals surface area contributed by atoms with Crippen molar-refractivity contribution in [3.63, 3.8) is 0 Å². The molecule has 9 heteroatoms. The number of piperazine rings is 1. The molecule has 31 heavy (non-hydrogen) atoms. The average Bonchev–Trinajstić information content (AvgIpc) is 3.20. The van der Waals surface area contributed by atoms with Crippen molar-refractivity contribution in [2.24, 2.45) is 5.92 Å². The monoisotopic (exact) mass is 424 g/mol. The molecule has 162 valence electrons. The highest BCUT2D eigenvalue weighted by Crippen LogP contribution is 2.28. The fraction of sp³-hybridized carbons (Fsp3) is 0.364. The largest absolute Gasteiger partial charge is 0.497 e. The van der Waals surface area contributed by atoms with E-state index in [2.05, 4.69) is 4.90 Å². The maximum atomic E-state index is 13.0. The number of hydrogen-bond acceptors (Lipinski definition) is 6. The third-order valence-corrected chi connectivity index (χ3v) is 5.88. The molecule has 2 aliphatic heterocycles. The number of rotatable bonds is 5. The van der Waals surface area contributed by atoms with Crippen molar-refractivity contribution in [1.82, 2.24) is 4.90 Å². The van der Waals surface area contributed by atoms with E-state index < -0.39 is 4.92 Å². The van der Waals surface area contributed by atoms with Crippen LogP contribution in [0.25, 0.3) is 0 Å². The van der Waals surface area contributed by atoms with E-state index in [0.717, 1.165) is 11.4 Å². The van der Waals surface area contributed by atoms with Crippen molar-refractivity contribution in [3.05, 3.63) is 58.6 Å². The first kappa shape index (κ1) is 20.6. The first-order chi connectivity index (χ1) is 15.0. The number of carbonyl (C=O) groups is 2. The van der Waals surface area contributed by atoms with Gasteiger partial charge >= 0.3 is 0 Å². The number of nitro groups is 1. The van der Waals surface area contributed by atoms with Crippen LogP contribution in [0, 0.1) is 16.0 Å². The smallest absolute Gasteiger partial charge is 0.269 e. The lowest BCUT2D eigenvalue weighted by atomic mass is 10.1. The molecule has 0 aliphatic carbocycles. The normalized spacial score (nSPS) is 18.9. The zero-order chi connectivity index (χ0) is 22.0. The SMILES string of the molecule is COc1ccc(N2C[C@H](C(=O)N3CCN(c4ccc([N+](=O)[O-])cc4)CC3)CC2=O)cc1. The molecule has 0 bridgehead atoms. The van der Waals surface area contributed by atoms with Crippen molar-refractivity contribution in [2.75, 3.05) is 49.6 Å². The lowest BCUT2D eigenvalue weighted by molar-refractivity contribution is -0.384. The molecule has 0 spiro atoms. The van der Waals surface area contributed by atoms with Crippen LogP contribution in [0.1, 0.15) is 6.42 Å². The molecule has 0 N–H and O–H groups in total. The maximum absolute atomic E-state index is 13.0. The topological polar surface area (TPSA) is 96.2 Å². The zero-order valence-corrected chi connectivity index (χ0v) is 17.3. The van der Waals surface area contributed by atoms with E-state index in [1.165, 1.54) is 12.1 Å². The van der Waals surface area contributed by atoms with Gasteiger partial charge in [-0.2, -0.15) is 0 Å². The van der Waals surface area contributed by atoms with E-state index in [9.17, 15) is 19.7 Å². The molecule has 0 aromatic heterocycles. The van der Waals surface area contributed by atoms with Crippen LogP contribution >= 0.6 is 0 Å². The molecule has 0 saturated carbocycles. The Kier molecular flexibility index (Phi) is 5.75. The molecule has 2 aromatic carbocycles. The number of anilines is 2. The average molecular weight is 424 g/mol. The Morgan fingerprint density at radius 2 is 1.61 bits per heavy atom. The standard InChI is InChI=1S/C22H24N4O5/c1-31-20-8-6-18(7-9-20)25-15-16(14-21(25)27)22(28)24-12-10-23(11-13-24)17-2-4-19(5-3-17)26(29)30/h2-9,16H,10-15H2,1H3/t16-/m1/s1. The molecule has 2 aliphatic rings. The second-order valence-corrected chi connectivity index (χ2v) is 7.69. The molecule has 0 radical (unpaired) electrons. The number of amides is 2. The summed E-state index contributed by atoms with van der Waals surface area (Å²) in [6, 6.07) is 13.7. The Balaban J connectivity index is 1.34. The van der Waals surface area contributed by atoms with Gasteiger partial charge in [0.25, 0.3) is 5.69 Å². The summed E-state index contributed by atoms with van der Waals surface area (Å²) in [4.78, 5) is 41.5. The van der Waals surface area contributed by atoms with Gasteiger partial charge in [-0.1, -0.05) is 0 Å². The van der Waals surface area contributed by atoms with Crippen LogP contribution in [0.4, 0.5) is 17.1 Å².